The number of hydrogen-bond acceptors (Lipinski definition) is 3. The molecule has 2 aromatic carbocycles. The van der Waals surface area contributed by atoms with E-state index < -0.39 is 11.9 Å². The van der Waals surface area contributed by atoms with Gasteiger partial charge in [0.15, 0.2) is 6.61 Å². The van der Waals surface area contributed by atoms with Crippen LogP contribution < -0.4 is 10.1 Å². The molecular formula is C23H26Cl4N2O3. The standard InChI is InChI=1S/C23H26Cl4N2O3/c1-4-14(3)28-23(31)20(5-2)29(12-16-17(25)7-6-8-18(16)26)22(30)13-32-21-10-9-15(24)11-19(21)27/h6-11,14,20H,4-5,12-13H2,1-3H3,(H,28,31)/t14-,20-/m1/s1. The van der Waals surface area contributed by atoms with Crippen molar-refractivity contribution in [2.45, 2.75) is 52.2 Å². The van der Waals surface area contributed by atoms with Crippen LogP contribution in [0.2, 0.25) is 20.1 Å². The van der Waals surface area contributed by atoms with Crippen molar-refractivity contribution in [3.05, 3.63) is 62.1 Å². The Bertz CT molecular complexity index is 935. The first-order valence-electron chi connectivity index (χ1n) is 10.3. The molecule has 2 aromatic rings. The van der Waals surface area contributed by atoms with Gasteiger partial charge in [0.25, 0.3) is 5.91 Å². The Balaban J connectivity index is 2.30. The van der Waals surface area contributed by atoms with Gasteiger partial charge in [0.05, 0.1) is 5.02 Å². The smallest absolute Gasteiger partial charge is 0.261 e. The average molecular weight is 520 g/mol. The van der Waals surface area contributed by atoms with E-state index in [9.17, 15) is 9.59 Å². The van der Waals surface area contributed by atoms with E-state index in [0.29, 0.717) is 32.8 Å². The number of hydrogen-bond donors (Lipinski definition) is 1. The summed E-state index contributed by atoms with van der Waals surface area (Å²) in [7, 11) is 0. The van der Waals surface area contributed by atoms with Gasteiger partial charge in [-0.25, -0.2) is 0 Å². The summed E-state index contributed by atoms with van der Waals surface area (Å²) < 4.78 is 5.63. The van der Waals surface area contributed by atoms with E-state index in [-0.39, 0.29) is 30.1 Å². The maximum absolute atomic E-state index is 13.2. The molecular weight excluding hydrogens is 494 g/mol. The zero-order valence-corrected chi connectivity index (χ0v) is 21.2. The monoisotopic (exact) mass is 518 g/mol. The van der Waals surface area contributed by atoms with Crippen LogP contribution in [0.25, 0.3) is 0 Å². The molecule has 0 fully saturated rings. The molecule has 5 nitrogen and oxygen atoms in total. The highest BCUT2D eigenvalue weighted by molar-refractivity contribution is 6.36. The van der Waals surface area contributed by atoms with Crippen molar-refractivity contribution in [1.82, 2.24) is 10.2 Å². The van der Waals surface area contributed by atoms with Crippen LogP contribution in [-0.2, 0) is 16.1 Å². The predicted molar refractivity (Wildman–Crippen MR) is 131 cm³/mol. The van der Waals surface area contributed by atoms with Crippen LogP contribution in [0.1, 0.15) is 39.2 Å². The highest BCUT2D eigenvalue weighted by Crippen LogP contribution is 2.29. The second-order valence-electron chi connectivity index (χ2n) is 7.33. The van der Waals surface area contributed by atoms with Gasteiger partial charge in [0.1, 0.15) is 11.8 Å². The van der Waals surface area contributed by atoms with E-state index in [1.165, 1.54) is 11.0 Å². The van der Waals surface area contributed by atoms with Gasteiger partial charge in [-0.15, -0.1) is 0 Å². The Morgan fingerprint density at radius 2 is 1.66 bits per heavy atom. The minimum atomic E-state index is -0.729. The van der Waals surface area contributed by atoms with Crippen LogP contribution in [0, 0.1) is 0 Å². The second kappa shape index (κ2) is 12.5. The lowest BCUT2D eigenvalue weighted by atomic mass is 10.1. The number of carbonyl (C=O) groups is 2. The van der Waals surface area contributed by atoms with Gasteiger partial charge in [-0.05, 0) is 50.1 Å². The van der Waals surface area contributed by atoms with Crippen molar-refractivity contribution < 1.29 is 14.3 Å². The van der Waals surface area contributed by atoms with Crippen molar-refractivity contribution in [2.75, 3.05) is 6.61 Å². The third-order valence-electron chi connectivity index (χ3n) is 5.02. The van der Waals surface area contributed by atoms with Gasteiger partial charge in [-0.2, -0.15) is 0 Å². The number of halogens is 4. The van der Waals surface area contributed by atoms with Crippen molar-refractivity contribution in [3.63, 3.8) is 0 Å². The molecule has 0 aliphatic heterocycles. The number of amides is 2. The minimum Gasteiger partial charge on any atom is -0.482 e. The van der Waals surface area contributed by atoms with E-state index in [1.54, 1.807) is 30.3 Å². The quantitative estimate of drug-likeness (QED) is 0.395. The lowest BCUT2D eigenvalue weighted by Crippen LogP contribution is -2.51. The molecule has 9 heteroatoms. The van der Waals surface area contributed by atoms with Crippen LogP contribution in [0.4, 0.5) is 0 Å². The fourth-order valence-corrected chi connectivity index (χ4v) is 4.01. The number of ether oxygens (including phenoxy) is 1. The van der Waals surface area contributed by atoms with Gasteiger partial charge in [-0.1, -0.05) is 66.3 Å². The highest BCUT2D eigenvalue weighted by Gasteiger charge is 2.30. The first-order valence-corrected chi connectivity index (χ1v) is 11.8. The molecule has 0 aliphatic rings. The van der Waals surface area contributed by atoms with Crippen LogP contribution in [0.3, 0.4) is 0 Å². The zero-order valence-electron chi connectivity index (χ0n) is 18.1. The summed E-state index contributed by atoms with van der Waals surface area (Å²) in [6.07, 6.45) is 1.17. The first kappa shape index (κ1) is 26.6. The number of rotatable bonds is 10. The molecule has 0 saturated carbocycles. The molecule has 2 atom stereocenters. The lowest BCUT2D eigenvalue weighted by molar-refractivity contribution is -0.143. The maximum Gasteiger partial charge on any atom is 0.261 e. The summed E-state index contributed by atoms with van der Waals surface area (Å²) in [4.78, 5) is 27.7. The van der Waals surface area contributed by atoms with Crippen LogP contribution in [0.5, 0.6) is 5.75 Å². The number of carbonyl (C=O) groups excluding carboxylic acids is 2. The van der Waals surface area contributed by atoms with Gasteiger partial charge in [-0.3, -0.25) is 9.59 Å². The minimum absolute atomic E-state index is 0.0264. The summed E-state index contributed by atoms with van der Waals surface area (Å²) in [5, 5.41) is 4.51. The molecule has 0 heterocycles. The Labute approximate surface area is 208 Å². The highest BCUT2D eigenvalue weighted by atomic mass is 35.5. The van der Waals surface area contributed by atoms with E-state index in [0.717, 1.165) is 6.42 Å². The number of nitrogens with zero attached hydrogens (tertiary/aromatic N) is 1. The van der Waals surface area contributed by atoms with Gasteiger partial charge in [0.2, 0.25) is 5.91 Å². The molecule has 2 amide bonds. The lowest BCUT2D eigenvalue weighted by Gasteiger charge is -2.32. The van der Waals surface area contributed by atoms with Crippen molar-refractivity contribution in [1.29, 1.82) is 0 Å². The molecule has 1 N–H and O–H groups in total. The third-order valence-corrected chi connectivity index (χ3v) is 6.26. The van der Waals surface area contributed by atoms with Gasteiger partial charge >= 0.3 is 0 Å². The van der Waals surface area contributed by atoms with Crippen LogP contribution >= 0.6 is 46.4 Å². The molecule has 0 saturated heterocycles. The summed E-state index contributed by atoms with van der Waals surface area (Å²) in [5.41, 5.74) is 0.559. The molecule has 0 bridgehead atoms. The number of nitrogens with one attached hydrogen (secondary N) is 1. The Morgan fingerprint density at radius 1 is 1.00 bits per heavy atom. The predicted octanol–water partition coefficient (Wildman–Crippen LogP) is 6.40. The molecule has 174 valence electrons. The molecule has 0 aromatic heterocycles. The Morgan fingerprint density at radius 3 is 2.22 bits per heavy atom. The van der Waals surface area contributed by atoms with E-state index >= 15 is 0 Å². The molecule has 0 aliphatic carbocycles. The molecule has 0 radical (unpaired) electrons. The largest absolute Gasteiger partial charge is 0.482 e. The summed E-state index contributed by atoms with van der Waals surface area (Å²) in [6.45, 7) is 5.46. The topological polar surface area (TPSA) is 58.6 Å². The zero-order chi connectivity index (χ0) is 23.8. The molecule has 2 rings (SSSR count). The second-order valence-corrected chi connectivity index (χ2v) is 8.99. The molecule has 0 unspecified atom stereocenters. The van der Waals surface area contributed by atoms with E-state index in [4.69, 9.17) is 51.1 Å². The SMILES string of the molecule is CC[C@@H](C)NC(=O)[C@@H](CC)N(Cc1c(Cl)cccc1Cl)C(=O)COc1ccc(Cl)cc1Cl. The first-order chi connectivity index (χ1) is 15.2. The van der Waals surface area contributed by atoms with Gasteiger partial charge < -0.3 is 15.0 Å². The number of benzene rings is 2. The van der Waals surface area contributed by atoms with Crippen molar-refractivity contribution in [3.8, 4) is 5.75 Å². The Kier molecular flexibility index (Phi) is 10.4. The van der Waals surface area contributed by atoms with E-state index in [2.05, 4.69) is 5.32 Å². The molecule has 0 spiro atoms. The van der Waals surface area contributed by atoms with Crippen LogP contribution in [-0.4, -0.2) is 35.4 Å². The molecule has 32 heavy (non-hydrogen) atoms. The summed E-state index contributed by atoms with van der Waals surface area (Å²) >= 11 is 24.7. The van der Waals surface area contributed by atoms with Crippen molar-refractivity contribution in [2.24, 2.45) is 0 Å². The van der Waals surface area contributed by atoms with E-state index in [1.807, 2.05) is 20.8 Å². The fraction of sp³-hybridized carbons (Fsp3) is 0.391. The van der Waals surface area contributed by atoms with Gasteiger partial charge in [0, 0.05) is 33.2 Å². The summed E-state index contributed by atoms with van der Waals surface area (Å²) in [6, 6.07) is 9.07. The maximum atomic E-state index is 13.2. The van der Waals surface area contributed by atoms with Crippen molar-refractivity contribution >= 4 is 58.2 Å². The Hall–Kier alpha value is -1.66. The fourth-order valence-electron chi connectivity index (χ4n) is 3.03. The normalized spacial score (nSPS) is 12.7. The summed E-state index contributed by atoms with van der Waals surface area (Å²) in [5.74, 6) is -0.335. The third kappa shape index (κ3) is 7.17. The van der Waals surface area contributed by atoms with Crippen LogP contribution in [0.15, 0.2) is 36.4 Å². The average Bonchev–Trinajstić information content (AvgIpc) is 2.74.